The lowest BCUT2D eigenvalue weighted by Gasteiger charge is -1.78. The maximum atomic E-state index is 5.57. The van der Waals surface area contributed by atoms with Crippen LogP contribution in [0.2, 0.25) is 4.34 Å². The number of thiophene rings is 1. The molecule has 1 nitrogen and oxygen atoms in total. The van der Waals surface area contributed by atoms with Crippen molar-refractivity contribution in [2.24, 2.45) is 0 Å². The molecule has 0 bridgehead atoms. The van der Waals surface area contributed by atoms with Crippen molar-refractivity contribution < 1.29 is 0 Å². The summed E-state index contributed by atoms with van der Waals surface area (Å²) in [6.07, 6.45) is 0. The molecule has 0 aliphatic carbocycles. The number of nitrogen functional groups attached to an aromatic ring is 1. The summed E-state index contributed by atoms with van der Waals surface area (Å²) in [4.78, 5) is 0. The molecule has 0 aromatic carbocycles. The van der Waals surface area contributed by atoms with Gasteiger partial charge in [0, 0.05) is 0 Å². The fourth-order valence-electron chi connectivity index (χ4n) is 0.354. The van der Waals surface area contributed by atoms with E-state index < -0.39 is 0 Å². The zero-order chi connectivity index (χ0) is 6.15. The molecule has 1 heterocycles. The summed E-state index contributed by atoms with van der Waals surface area (Å²) < 4.78 is 1.60. The maximum absolute atomic E-state index is 5.57. The standard InChI is InChI=1S/C4H3BrClNS/c5-2-1-3(6)8-4(2)7/h1H,7H2. The normalized spacial score (nSPS) is 9.75. The lowest BCUT2D eigenvalue weighted by Crippen LogP contribution is -1.75. The van der Waals surface area contributed by atoms with Gasteiger partial charge in [-0.1, -0.05) is 11.6 Å². The van der Waals surface area contributed by atoms with Crippen molar-refractivity contribution in [1.29, 1.82) is 0 Å². The van der Waals surface area contributed by atoms with E-state index in [0.29, 0.717) is 0 Å². The van der Waals surface area contributed by atoms with Crippen LogP contribution in [0, 0.1) is 0 Å². The molecule has 1 rings (SSSR count). The zero-order valence-electron chi connectivity index (χ0n) is 3.82. The van der Waals surface area contributed by atoms with E-state index in [0.717, 1.165) is 13.8 Å². The molecule has 0 saturated carbocycles. The number of nitrogens with two attached hydrogens (primary N) is 1. The summed E-state index contributed by atoms with van der Waals surface area (Å²) in [6, 6.07) is 1.78. The van der Waals surface area contributed by atoms with E-state index >= 15 is 0 Å². The number of hydrogen-bond donors (Lipinski definition) is 1. The van der Waals surface area contributed by atoms with Crippen LogP contribution in [0.1, 0.15) is 0 Å². The first-order valence-corrected chi connectivity index (χ1v) is 3.89. The fraction of sp³-hybridized carbons (Fsp3) is 0. The van der Waals surface area contributed by atoms with Crippen LogP contribution in [0.15, 0.2) is 10.5 Å². The molecule has 44 valence electrons. The van der Waals surface area contributed by atoms with Gasteiger partial charge >= 0.3 is 0 Å². The summed E-state index contributed by atoms with van der Waals surface area (Å²) >= 11 is 10.2. The van der Waals surface area contributed by atoms with Crippen molar-refractivity contribution in [3.63, 3.8) is 0 Å². The Morgan fingerprint density at radius 2 is 2.38 bits per heavy atom. The minimum absolute atomic E-state index is 0.717. The number of halogens is 2. The second kappa shape index (κ2) is 2.25. The zero-order valence-corrected chi connectivity index (χ0v) is 6.98. The van der Waals surface area contributed by atoms with Gasteiger partial charge in [-0.15, -0.1) is 11.3 Å². The Morgan fingerprint density at radius 1 is 1.75 bits per heavy atom. The van der Waals surface area contributed by atoms with E-state index in [4.69, 9.17) is 17.3 Å². The van der Waals surface area contributed by atoms with Crippen LogP contribution in [-0.2, 0) is 0 Å². The highest BCUT2D eigenvalue weighted by molar-refractivity contribution is 9.10. The molecule has 0 spiro atoms. The molecule has 1 aromatic heterocycles. The highest BCUT2D eigenvalue weighted by Crippen LogP contribution is 2.32. The SMILES string of the molecule is Nc1sc(Cl)cc1Br. The van der Waals surface area contributed by atoms with Gasteiger partial charge in [0.25, 0.3) is 0 Å². The Labute approximate surface area is 64.6 Å². The monoisotopic (exact) mass is 211 g/mol. The van der Waals surface area contributed by atoms with Gasteiger partial charge in [0.05, 0.1) is 8.81 Å². The van der Waals surface area contributed by atoms with Gasteiger partial charge in [0.1, 0.15) is 5.00 Å². The quantitative estimate of drug-likeness (QED) is 0.703. The molecule has 0 amide bonds. The molecule has 0 aliphatic heterocycles. The van der Waals surface area contributed by atoms with Crippen molar-refractivity contribution in [3.05, 3.63) is 14.9 Å². The summed E-state index contributed by atoms with van der Waals surface area (Å²) in [5, 5.41) is 0.731. The summed E-state index contributed by atoms with van der Waals surface area (Å²) in [5.41, 5.74) is 5.43. The average Bonchev–Trinajstić information content (AvgIpc) is 1.85. The Hall–Kier alpha value is 0.270. The molecule has 0 aliphatic rings. The van der Waals surface area contributed by atoms with Crippen LogP contribution >= 0.6 is 38.9 Å². The third-order valence-corrected chi connectivity index (χ3v) is 2.69. The van der Waals surface area contributed by atoms with Crippen molar-refractivity contribution >= 4 is 43.9 Å². The lowest BCUT2D eigenvalue weighted by molar-refractivity contribution is 1.84. The summed E-state index contributed by atoms with van der Waals surface area (Å²) in [6.45, 7) is 0. The minimum Gasteiger partial charge on any atom is -0.390 e. The lowest BCUT2D eigenvalue weighted by atomic mass is 10.6. The van der Waals surface area contributed by atoms with E-state index in [1.54, 1.807) is 6.07 Å². The highest BCUT2D eigenvalue weighted by Gasteiger charge is 1.98. The molecule has 2 N–H and O–H groups in total. The van der Waals surface area contributed by atoms with E-state index in [1.807, 2.05) is 0 Å². The van der Waals surface area contributed by atoms with Gasteiger partial charge in [0.2, 0.25) is 0 Å². The molecule has 0 saturated heterocycles. The molecule has 8 heavy (non-hydrogen) atoms. The second-order valence-electron chi connectivity index (χ2n) is 1.26. The first kappa shape index (κ1) is 6.39. The van der Waals surface area contributed by atoms with Crippen molar-refractivity contribution in [2.75, 3.05) is 5.73 Å². The Morgan fingerprint density at radius 3 is 2.50 bits per heavy atom. The van der Waals surface area contributed by atoms with Gasteiger partial charge in [0.15, 0.2) is 0 Å². The Kier molecular flexibility index (Phi) is 1.80. The third kappa shape index (κ3) is 1.16. The van der Waals surface area contributed by atoms with Crippen LogP contribution in [-0.4, -0.2) is 0 Å². The molecule has 0 radical (unpaired) electrons. The molecule has 4 heteroatoms. The molecule has 0 fully saturated rings. The first-order chi connectivity index (χ1) is 3.70. The highest BCUT2D eigenvalue weighted by atomic mass is 79.9. The van der Waals surface area contributed by atoms with Crippen molar-refractivity contribution in [3.8, 4) is 0 Å². The van der Waals surface area contributed by atoms with Gasteiger partial charge in [-0.25, -0.2) is 0 Å². The molecule has 0 atom stereocenters. The number of anilines is 1. The van der Waals surface area contributed by atoms with Gasteiger partial charge in [-0.05, 0) is 22.0 Å². The van der Waals surface area contributed by atoms with Gasteiger partial charge < -0.3 is 5.73 Å². The Bertz CT molecular complexity index is 178. The first-order valence-electron chi connectivity index (χ1n) is 1.90. The smallest absolute Gasteiger partial charge is 0.102 e. The largest absolute Gasteiger partial charge is 0.390 e. The summed E-state index contributed by atoms with van der Waals surface area (Å²) in [5.74, 6) is 0. The van der Waals surface area contributed by atoms with Gasteiger partial charge in [-0.2, -0.15) is 0 Å². The van der Waals surface area contributed by atoms with Gasteiger partial charge in [-0.3, -0.25) is 0 Å². The predicted octanol–water partition coefficient (Wildman–Crippen LogP) is 2.75. The average molecular weight is 212 g/mol. The Balaban J connectivity index is 3.14. The van der Waals surface area contributed by atoms with Crippen LogP contribution < -0.4 is 5.73 Å². The van der Waals surface area contributed by atoms with E-state index in [-0.39, 0.29) is 0 Å². The minimum atomic E-state index is 0.717. The van der Waals surface area contributed by atoms with Crippen molar-refractivity contribution in [1.82, 2.24) is 0 Å². The van der Waals surface area contributed by atoms with E-state index in [9.17, 15) is 0 Å². The second-order valence-corrected chi connectivity index (χ2v) is 3.83. The molecule has 1 aromatic rings. The van der Waals surface area contributed by atoms with Crippen LogP contribution in [0.25, 0.3) is 0 Å². The molecule has 0 unspecified atom stereocenters. The number of rotatable bonds is 0. The molecular weight excluding hydrogens is 209 g/mol. The van der Waals surface area contributed by atoms with Crippen LogP contribution in [0.4, 0.5) is 5.00 Å². The van der Waals surface area contributed by atoms with Crippen LogP contribution in [0.5, 0.6) is 0 Å². The van der Waals surface area contributed by atoms with E-state index in [2.05, 4.69) is 15.9 Å². The topological polar surface area (TPSA) is 26.0 Å². The molecular formula is C4H3BrClNS. The summed E-state index contributed by atoms with van der Waals surface area (Å²) in [7, 11) is 0. The number of hydrogen-bond acceptors (Lipinski definition) is 2. The maximum Gasteiger partial charge on any atom is 0.102 e. The van der Waals surface area contributed by atoms with Crippen molar-refractivity contribution in [2.45, 2.75) is 0 Å². The predicted molar refractivity (Wildman–Crippen MR) is 41.4 cm³/mol. The van der Waals surface area contributed by atoms with E-state index in [1.165, 1.54) is 11.3 Å². The third-order valence-electron chi connectivity index (χ3n) is 0.683. The fourth-order valence-corrected chi connectivity index (χ4v) is 2.01. The van der Waals surface area contributed by atoms with Crippen LogP contribution in [0.3, 0.4) is 0 Å².